The number of hydrogen-bond acceptors (Lipinski definition) is 6. The highest BCUT2D eigenvalue weighted by molar-refractivity contribution is 7.98. The first-order valence-corrected chi connectivity index (χ1v) is 15.2. The van der Waals surface area contributed by atoms with Crippen molar-refractivity contribution in [3.63, 3.8) is 0 Å². The Kier molecular flexibility index (Phi) is 14.1. The molecule has 0 fully saturated rings. The summed E-state index contributed by atoms with van der Waals surface area (Å²) >= 11 is 3.31. The van der Waals surface area contributed by atoms with Crippen molar-refractivity contribution in [2.45, 2.75) is 23.6 Å². The fourth-order valence-electron chi connectivity index (χ4n) is 3.23. The third-order valence-electron chi connectivity index (χ3n) is 5.39. The molecule has 4 rings (SSSR count). The van der Waals surface area contributed by atoms with Crippen LogP contribution in [0.25, 0.3) is 0 Å². The van der Waals surface area contributed by atoms with Gasteiger partial charge in [0, 0.05) is 39.9 Å². The van der Waals surface area contributed by atoms with E-state index in [9.17, 15) is 9.59 Å². The summed E-state index contributed by atoms with van der Waals surface area (Å²) in [7, 11) is 1.63. The zero-order chi connectivity index (χ0) is 29.3. The Hall–Kier alpha value is -4.01. The number of hydrogen-bond donors (Lipinski definition) is 3. The summed E-state index contributed by atoms with van der Waals surface area (Å²) in [5.74, 6) is -0.168. The van der Waals surface area contributed by atoms with Crippen molar-refractivity contribution in [2.24, 2.45) is 4.99 Å². The third kappa shape index (κ3) is 10.3. The molecule has 4 aromatic rings. The molecule has 40 heavy (non-hydrogen) atoms. The number of para-hydroxylation sites is 2. The second-order valence-corrected chi connectivity index (χ2v) is 9.69. The molecular formula is C32H36N4O2S2. The van der Waals surface area contributed by atoms with Crippen LogP contribution in [0.4, 0.5) is 17.1 Å². The molecule has 8 heteroatoms. The number of benzene rings is 4. The summed E-state index contributed by atoms with van der Waals surface area (Å²) in [6.45, 7) is 4.00. The first-order valence-electron chi connectivity index (χ1n) is 12.7. The highest BCUT2D eigenvalue weighted by Gasteiger charge is 2.06. The lowest BCUT2D eigenvalue weighted by molar-refractivity contribution is 0.0962. The Morgan fingerprint density at radius 2 is 1.23 bits per heavy atom. The first kappa shape index (κ1) is 32.2. The lowest BCUT2D eigenvalue weighted by Gasteiger charge is -2.06. The van der Waals surface area contributed by atoms with Gasteiger partial charge in [-0.15, -0.1) is 23.5 Å². The van der Waals surface area contributed by atoms with E-state index < -0.39 is 0 Å². The van der Waals surface area contributed by atoms with Gasteiger partial charge in [0.2, 0.25) is 0 Å². The minimum atomic E-state index is -0.129. The van der Waals surface area contributed by atoms with Crippen LogP contribution < -0.4 is 16.4 Å². The van der Waals surface area contributed by atoms with Crippen LogP contribution in [0.3, 0.4) is 0 Å². The van der Waals surface area contributed by atoms with Gasteiger partial charge >= 0.3 is 0 Å². The van der Waals surface area contributed by atoms with Crippen LogP contribution in [0.15, 0.2) is 112 Å². The Labute approximate surface area is 245 Å². The van der Waals surface area contributed by atoms with Gasteiger partial charge in [0.05, 0.1) is 11.4 Å². The first-order chi connectivity index (χ1) is 19.4. The molecule has 208 valence electrons. The maximum atomic E-state index is 12.3. The van der Waals surface area contributed by atoms with Crippen LogP contribution in [0.5, 0.6) is 0 Å². The van der Waals surface area contributed by atoms with Crippen molar-refractivity contribution in [1.82, 2.24) is 5.32 Å². The lowest BCUT2D eigenvalue weighted by atomic mass is 10.2. The molecule has 4 N–H and O–H groups in total. The normalized spacial score (nSPS) is 10.0. The molecule has 0 aliphatic rings. The summed E-state index contributed by atoms with van der Waals surface area (Å²) in [5.41, 5.74) is 10.2. The van der Waals surface area contributed by atoms with E-state index in [1.54, 1.807) is 36.8 Å². The predicted octanol–water partition coefficient (Wildman–Crippen LogP) is 7.79. The molecule has 0 aliphatic carbocycles. The number of anilines is 2. The topological polar surface area (TPSA) is 96.6 Å². The molecule has 0 spiro atoms. The van der Waals surface area contributed by atoms with Gasteiger partial charge in [0.15, 0.2) is 0 Å². The number of nitrogens with one attached hydrogen (secondary N) is 2. The number of carbonyl (C=O) groups is 2. The standard InChI is InChI=1S/C21H19N3OS.C9H11NOS.C2H6/c1-26-18-12-8-16(9-13-18)21(25)24-17-10-6-15(7-11-17)14-23-20-5-3-2-4-19(20)22;1-10-9(11)7-3-5-8(12-2)6-4-7;1-2/h2-14H,22H2,1H3,(H,24,25);3-6H,1-2H3,(H,10,11);1-2H3. The van der Waals surface area contributed by atoms with Crippen molar-refractivity contribution in [1.29, 1.82) is 0 Å². The summed E-state index contributed by atoms with van der Waals surface area (Å²) in [4.78, 5) is 30.1. The number of nitrogen functional groups attached to an aromatic ring is 1. The van der Waals surface area contributed by atoms with E-state index in [-0.39, 0.29) is 11.8 Å². The van der Waals surface area contributed by atoms with Crippen LogP contribution in [-0.2, 0) is 0 Å². The SMILES string of the molecule is CC.CNC(=O)c1ccc(SC)cc1.CSc1ccc(C(=O)Nc2ccc(C=Nc3ccccc3N)cc2)cc1. The number of aliphatic imine (C=N–C) groups is 1. The van der Waals surface area contributed by atoms with Gasteiger partial charge in [-0.05, 0) is 90.9 Å². The number of nitrogens with zero attached hydrogens (tertiary/aromatic N) is 1. The minimum Gasteiger partial charge on any atom is -0.397 e. The Balaban J connectivity index is 0.000000336. The predicted molar refractivity (Wildman–Crippen MR) is 174 cm³/mol. The minimum absolute atomic E-state index is 0.0392. The number of thioether (sulfide) groups is 2. The van der Waals surface area contributed by atoms with Crippen molar-refractivity contribution in [3.05, 3.63) is 114 Å². The molecule has 0 bridgehead atoms. The summed E-state index contributed by atoms with van der Waals surface area (Å²) in [6.07, 6.45) is 5.76. The second kappa shape index (κ2) is 17.6. The van der Waals surface area contributed by atoms with Gasteiger partial charge in [-0.25, -0.2) is 0 Å². The molecule has 2 amide bonds. The molecule has 0 aromatic heterocycles. The highest BCUT2D eigenvalue weighted by Crippen LogP contribution is 2.21. The van der Waals surface area contributed by atoms with E-state index in [1.807, 2.05) is 123 Å². The average molecular weight is 573 g/mol. The van der Waals surface area contributed by atoms with Crippen LogP contribution >= 0.6 is 23.5 Å². The van der Waals surface area contributed by atoms with E-state index in [4.69, 9.17) is 5.73 Å². The van der Waals surface area contributed by atoms with Gasteiger partial charge in [-0.1, -0.05) is 38.1 Å². The fourth-order valence-corrected chi connectivity index (χ4v) is 4.05. The molecular weight excluding hydrogens is 537 g/mol. The molecule has 0 saturated heterocycles. The number of rotatable bonds is 7. The number of amides is 2. The molecule has 0 radical (unpaired) electrons. The van der Waals surface area contributed by atoms with Crippen molar-refractivity contribution in [2.75, 3.05) is 30.6 Å². The molecule has 0 aliphatic heterocycles. The molecule has 6 nitrogen and oxygen atoms in total. The molecule has 4 aromatic carbocycles. The molecule has 0 saturated carbocycles. The molecule has 0 heterocycles. The average Bonchev–Trinajstić information content (AvgIpc) is 3.02. The zero-order valence-corrected chi connectivity index (χ0v) is 25.1. The van der Waals surface area contributed by atoms with E-state index in [0.717, 1.165) is 21.8 Å². The van der Waals surface area contributed by atoms with E-state index in [1.165, 1.54) is 4.90 Å². The molecule has 0 atom stereocenters. The van der Waals surface area contributed by atoms with Gasteiger partial charge in [0.25, 0.3) is 11.8 Å². The van der Waals surface area contributed by atoms with Gasteiger partial charge < -0.3 is 16.4 Å². The highest BCUT2D eigenvalue weighted by atomic mass is 32.2. The molecule has 0 unspecified atom stereocenters. The maximum Gasteiger partial charge on any atom is 0.255 e. The smallest absolute Gasteiger partial charge is 0.255 e. The van der Waals surface area contributed by atoms with Gasteiger partial charge in [-0.2, -0.15) is 0 Å². The quantitative estimate of drug-likeness (QED) is 0.119. The Morgan fingerprint density at radius 1 is 0.725 bits per heavy atom. The van der Waals surface area contributed by atoms with Crippen molar-refractivity contribution < 1.29 is 9.59 Å². The van der Waals surface area contributed by atoms with E-state index >= 15 is 0 Å². The number of nitrogens with two attached hydrogens (primary N) is 1. The summed E-state index contributed by atoms with van der Waals surface area (Å²) in [6, 6.07) is 30.0. The largest absolute Gasteiger partial charge is 0.397 e. The second-order valence-electron chi connectivity index (χ2n) is 7.93. The van der Waals surface area contributed by atoms with Crippen molar-refractivity contribution >= 4 is 58.6 Å². The van der Waals surface area contributed by atoms with E-state index in [2.05, 4.69) is 15.6 Å². The third-order valence-corrected chi connectivity index (χ3v) is 6.88. The van der Waals surface area contributed by atoms with Crippen LogP contribution in [-0.4, -0.2) is 37.6 Å². The fraction of sp³-hybridized carbons (Fsp3) is 0.156. The van der Waals surface area contributed by atoms with Gasteiger partial charge in [-0.3, -0.25) is 14.6 Å². The van der Waals surface area contributed by atoms with E-state index in [0.29, 0.717) is 16.8 Å². The summed E-state index contributed by atoms with van der Waals surface area (Å²) < 4.78 is 0. The zero-order valence-electron chi connectivity index (χ0n) is 23.5. The Morgan fingerprint density at radius 3 is 1.70 bits per heavy atom. The Bertz CT molecular complexity index is 1370. The maximum absolute atomic E-state index is 12.3. The van der Waals surface area contributed by atoms with Crippen LogP contribution in [0.2, 0.25) is 0 Å². The monoisotopic (exact) mass is 572 g/mol. The van der Waals surface area contributed by atoms with Crippen molar-refractivity contribution in [3.8, 4) is 0 Å². The van der Waals surface area contributed by atoms with Crippen LogP contribution in [0.1, 0.15) is 40.1 Å². The van der Waals surface area contributed by atoms with Gasteiger partial charge in [0.1, 0.15) is 0 Å². The summed E-state index contributed by atoms with van der Waals surface area (Å²) in [5, 5.41) is 5.47. The van der Waals surface area contributed by atoms with Crippen LogP contribution in [0, 0.1) is 0 Å². The lowest BCUT2D eigenvalue weighted by Crippen LogP contribution is -2.17. The number of carbonyl (C=O) groups excluding carboxylic acids is 2.